The summed E-state index contributed by atoms with van der Waals surface area (Å²) in [5.74, 6) is 1.79. The minimum Gasteiger partial charge on any atom is -0.408 e. The van der Waals surface area contributed by atoms with Crippen LogP contribution in [0, 0.1) is 0 Å². The summed E-state index contributed by atoms with van der Waals surface area (Å²) in [5.41, 5.74) is 2.17. The van der Waals surface area contributed by atoms with Gasteiger partial charge >= 0.3 is 5.76 Å². The van der Waals surface area contributed by atoms with Crippen molar-refractivity contribution in [2.45, 2.75) is 6.42 Å². The summed E-state index contributed by atoms with van der Waals surface area (Å²) in [6.45, 7) is 1.65. The minimum absolute atomic E-state index is 0.142. The van der Waals surface area contributed by atoms with E-state index in [4.69, 9.17) is 4.42 Å². The Morgan fingerprint density at radius 2 is 2.10 bits per heavy atom. The molecule has 3 rings (SSSR count). The van der Waals surface area contributed by atoms with Crippen LogP contribution in [-0.4, -0.2) is 40.0 Å². The summed E-state index contributed by atoms with van der Waals surface area (Å²) in [7, 11) is 1.67. The van der Waals surface area contributed by atoms with Crippen LogP contribution in [0.25, 0.3) is 11.1 Å². The first-order chi connectivity index (χ1) is 9.65. The summed E-state index contributed by atoms with van der Waals surface area (Å²) in [6.07, 6.45) is 0.360. The zero-order valence-electron chi connectivity index (χ0n) is 11.3. The summed E-state index contributed by atoms with van der Waals surface area (Å²) in [5, 5.41) is 0. The molecule has 0 saturated carbocycles. The topological polar surface area (TPSA) is 55.5 Å². The maximum Gasteiger partial charge on any atom is 0.419 e. The van der Waals surface area contributed by atoms with Gasteiger partial charge in [-0.25, -0.2) is 4.79 Å². The van der Waals surface area contributed by atoms with Crippen LogP contribution in [0.4, 0.5) is 0 Å². The van der Waals surface area contributed by atoms with Crippen LogP contribution >= 0.6 is 11.8 Å². The Labute approximate surface area is 120 Å². The van der Waals surface area contributed by atoms with Gasteiger partial charge in [-0.3, -0.25) is 9.36 Å². The lowest BCUT2D eigenvalue weighted by atomic mass is 10.1. The highest BCUT2D eigenvalue weighted by Gasteiger charge is 2.17. The lowest BCUT2D eigenvalue weighted by Gasteiger charge is -2.26. The molecule has 2 heterocycles. The molecule has 0 aliphatic carbocycles. The van der Waals surface area contributed by atoms with E-state index in [1.165, 1.54) is 4.57 Å². The number of benzene rings is 1. The molecule has 1 aliphatic heterocycles. The normalized spacial score (nSPS) is 15.8. The highest BCUT2D eigenvalue weighted by Crippen LogP contribution is 2.16. The molecule has 1 amide bonds. The van der Waals surface area contributed by atoms with Gasteiger partial charge in [0.15, 0.2) is 5.58 Å². The van der Waals surface area contributed by atoms with E-state index in [9.17, 15) is 9.59 Å². The molecule has 1 aromatic carbocycles. The van der Waals surface area contributed by atoms with Crippen molar-refractivity contribution in [3.05, 3.63) is 34.3 Å². The highest BCUT2D eigenvalue weighted by molar-refractivity contribution is 7.99. The third-order valence-corrected chi connectivity index (χ3v) is 4.52. The van der Waals surface area contributed by atoms with Crippen molar-refractivity contribution < 1.29 is 9.21 Å². The number of hydrogen-bond donors (Lipinski definition) is 0. The molecule has 0 N–H and O–H groups in total. The van der Waals surface area contributed by atoms with Crippen LogP contribution in [0.5, 0.6) is 0 Å². The number of amides is 1. The first kappa shape index (κ1) is 13.3. The van der Waals surface area contributed by atoms with Gasteiger partial charge in [-0.05, 0) is 17.7 Å². The average Bonchev–Trinajstić information content (AvgIpc) is 2.74. The van der Waals surface area contributed by atoms with E-state index in [0.717, 1.165) is 35.7 Å². The molecular weight excluding hydrogens is 276 g/mol. The zero-order chi connectivity index (χ0) is 14.1. The van der Waals surface area contributed by atoms with E-state index >= 15 is 0 Å². The third-order valence-electron chi connectivity index (χ3n) is 3.58. The average molecular weight is 292 g/mol. The van der Waals surface area contributed by atoms with E-state index in [-0.39, 0.29) is 11.7 Å². The van der Waals surface area contributed by atoms with E-state index in [1.54, 1.807) is 13.1 Å². The molecule has 5 nitrogen and oxygen atoms in total. The van der Waals surface area contributed by atoms with E-state index < -0.39 is 0 Å². The van der Waals surface area contributed by atoms with Gasteiger partial charge in [0.1, 0.15) is 0 Å². The van der Waals surface area contributed by atoms with Gasteiger partial charge in [0.25, 0.3) is 0 Å². The molecule has 1 fully saturated rings. The first-order valence-electron chi connectivity index (χ1n) is 6.59. The first-order valence-corrected chi connectivity index (χ1v) is 7.74. The van der Waals surface area contributed by atoms with Crippen molar-refractivity contribution in [2.75, 3.05) is 24.6 Å². The van der Waals surface area contributed by atoms with Gasteiger partial charge in [0.2, 0.25) is 5.91 Å². The Morgan fingerprint density at radius 1 is 1.35 bits per heavy atom. The SMILES string of the molecule is Cn1c(=O)oc2cc(CC(=O)N3CCSCC3)ccc21. The van der Waals surface area contributed by atoms with E-state index in [2.05, 4.69) is 0 Å². The van der Waals surface area contributed by atoms with Crippen molar-refractivity contribution in [1.82, 2.24) is 9.47 Å². The molecule has 106 valence electrons. The highest BCUT2D eigenvalue weighted by atomic mass is 32.2. The van der Waals surface area contributed by atoms with Crippen molar-refractivity contribution >= 4 is 28.8 Å². The zero-order valence-corrected chi connectivity index (χ0v) is 12.1. The monoisotopic (exact) mass is 292 g/mol. The maximum absolute atomic E-state index is 12.2. The van der Waals surface area contributed by atoms with Crippen LogP contribution in [0.1, 0.15) is 5.56 Å². The van der Waals surface area contributed by atoms with Gasteiger partial charge in [-0.2, -0.15) is 11.8 Å². The van der Waals surface area contributed by atoms with Crippen molar-refractivity contribution in [1.29, 1.82) is 0 Å². The maximum atomic E-state index is 12.2. The van der Waals surface area contributed by atoms with Crippen molar-refractivity contribution in [3.63, 3.8) is 0 Å². The second-order valence-corrected chi connectivity index (χ2v) is 6.12. The van der Waals surface area contributed by atoms with Gasteiger partial charge in [-0.1, -0.05) is 6.07 Å². The molecule has 0 bridgehead atoms. The molecule has 1 aliphatic rings. The standard InChI is InChI=1S/C14H16N2O3S/c1-15-11-3-2-10(8-12(11)19-14(15)18)9-13(17)16-4-6-20-7-5-16/h2-3,8H,4-7,9H2,1H3. The second-order valence-electron chi connectivity index (χ2n) is 4.90. The quantitative estimate of drug-likeness (QED) is 0.836. The Hall–Kier alpha value is -1.69. The second kappa shape index (κ2) is 5.36. The molecule has 2 aromatic rings. The number of aromatic nitrogens is 1. The number of fused-ring (bicyclic) bond motifs is 1. The lowest BCUT2D eigenvalue weighted by Crippen LogP contribution is -2.38. The number of thioether (sulfide) groups is 1. The van der Waals surface area contributed by atoms with Gasteiger partial charge < -0.3 is 9.32 Å². The fourth-order valence-electron chi connectivity index (χ4n) is 2.39. The third kappa shape index (κ3) is 2.47. The van der Waals surface area contributed by atoms with Crippen LogP contribution < -0.4 is 5.76 Å². The largest absolute Gasteiger partial charge is 0.419 e. The Bertz CT molecular complexity index is 698. The van der Waals surface area contributed by atoms with Gasteiger partial charge in [0.05, 0.1) is 11.9 Å². The number of carbonyl (C=O) groups excluding carboxylic acids is 1. The summed E-state index contributed by atoms with van der Waals surface area (Å²) < 4.78 is 6.61. The van der Waals surface area contributed by atoms with Crippen molar-refractivity contribution in [2.24, 2.45) is 7.05 Å². The molecule has 6 heteroatoms. The van der Waals surface area contributed by atoms with E-state index in [0.29, 0.717) is 12.0 Å². The Kier molecular flexibility index (Phi) is 3.56. The fourth-order valence-corrected chi connectivity index (χ4v) is 3.29. The van der Waals surface area contributed by atoms with Crippen LogP contribution in [-0.2, 0) is 18.3 Å². The molecule has 1 aromatic heterocycles. The smallest absolute Gasteiger partial charge is 0.408 e. The molecular formula is C14H16N2O3S. The molecule has 0 spiro atoms. The predicted octanol–water partition coefficient (Wildman–Crippen LogP) is 1.25. The number of oxazole rings is 1. The number of carbonyl (C=O) groups is 1. The van der Waals surface area contributed by atoms with Crippen LogP contribution in [0.2, 0.25) is 0 Å². The predicted molar refractivity (Wildman–Crippen MR) is 79.1 cm³/mol. The lowest BCUT2D eigenvalue weighted by molar-refractivity contribution is -0.130. The Balaban J connectivity index is 1.80. The molecule has 0 radical (unpaired) electrons. The van der Waals surface area contributed by atoms with Gasteiger partial charge in [0, 0.05) is 31.6 Å². The van der Waals surface area contributed by atoms with Crippen LogP contribution in [0.15, 0.2) is 27.4 Å². The van der Waals surface area contributed by atoms with Crippen molar-refractivity contribution in [3.8, 4) is 0 Å². The summed E-state index contributed by atoms with van der Waals surface area (Å²) in [6, 6.07) is 5.50. The number of nitrogens with zero attached hydrogens (tertiary/aromatic N) is 2. The summed E-state index contributed by atoms with van der Waals surface area (Å²) >= 11 is 1.88. The fraction of sp³-hybridized carbons (Fsp3) is 0.429. The van der Waals surface area contributed by atoms with Gasteiger partial charge in [-0.15, -0.1) is 0 Å². The van der Waals surface area contributed by atoms with Crippen LogP contribution in [0.3, 0.4) is 0 Å². The number of hydrogen-bond acceptors (Lipinski definition) is 4. The number of rotatable bonds is 2. The van der Waals surface area contributed by atoms with E-state index in [1.807, 2.05) is 28.8 Å². The summed E-state index contributed by atoms with van der Waals surface area (Å²) in [4.78, 5) is 25.5. The molecule has 1 saturated heterocycles. The molecule has 0 unspecified atom stereocenters. The molecule has 0 atom stereocenters. The Morgan fingerprint density at radius 3 is 2.85 bits per heavy atom. The molecule has 20 heavy (non-hydrogen) atoms. The number of aryl methyl sites for hydroxylation is 1. The minimum atomic E-state index is -0.378.